The summed E-state index contributed by atoms with van der Waals surface area (Å²) in [4.78, 5) is 0. The molecule has 1 radical (unpaired) electrons. The van der Waals surface area contributed by atoms with Crippen molar-refractivity contribution >= 4 is 17.3 Å². The summed E-state index contributed by atoms with van der Waals surface area (Å²) in [6, 6.07) is 1.02. The highest BCUT2D eigenvalue weighted by Crippen LogP contribution is 2.10. The molecular formula is C9H17N2S. The van der Waals surface area contributed by atoms with Gasteiger partial charge in [0.25, 0.3) is 0 Å². The molecule has 2 nitrogen and oxygen atoms in total. The van der Waals surface area contributed by atoms with Gasteiger partial charge in [-0.25, -0.2) is 0 Å². The largest absolute Gasteiger partial charge is 0.358 e. The van der Waals surface area contributed by atoms with E-state index in [1.54, 1.807) is 0 Å². The highest BCUT2D eigenvalue weighted by Gasteiger charge is 2.24. The minimum absolute atomic E-state index is 0.488. The minimum atomic E-state index is 0.488. The smallest absolute Gasteiger partial charge is 0.166 e. The third-order valence-corrected chi connectivity index (χ3v) is 2.53. The summed E-state index contributed by atoms with van der Waals surface area (Å²) < 4.78 is 0. The summed E-state index contributed by atoms with van der Waals surface area (Å²) in [6.45, 7) is 5.99. The van der Waals surface area contributed by atoms with E-state index in [1.807, 2.05) is 0 Å². The van der Waals surface area contributed by atoms with Crippen LogP contribution >= 0.6 is 12.2 Å². The molecule has 1 fully saturated rings. The monoisotopic (exact) mass is 185 g/mol. The summed E-state index contributed by atoms with van der Waals surface area (Å²) in [5.41, 5.74) is 0. The van der Waals surface area contributed by atoms with Gasteiger partial charge in [-0.2, -0.15) is 0 Å². The fourth-order valence-corrected chi connectivity index (χ4v) is 1.84. The normalized spacial score (nSPS) is 28.3. The summed E-state index contributed by atoms with van der Waals surface area (Å²) in [7, 11) is 0. The second-order valence-electron chi connectivity index (χ2n) is 3.36. The van der Waals surface area contributed by atoms with Crippen LogP contribution in [0, 0.1) is 6.92 Å². The predicted octanol–water partition coefficient (Wildman–Crippen LogP) is 1.62. The number of unbranched alkanes of at least 4 members (excludes halogenated alkanes) is 2. The fourth-order valence-electron chi connectivity index (χ4n) is 1.51. The van der Waals surface area contributed by atoms with Gasteiger partial charge in [-0.15, -0.1) is 0 Å². The van der Waals surface area contributed by atoms with Crippen molar-refractivity contribution in [2.24, 2.45) is 0 Å². The molecule has 0 aromatic rings. The summed E-state index contributed by atoms with van der Waals surface area (Å²) >= 11 is 5.02. The highest BCUT2D eigenvalue weighted by atomic mass is 32.1. The van der Waals surface area contributed by atoms with E-state index in [-0.39, 0.29) is 0 Å². The Labute approximate surface area is 80.1 Å². The minimum Gasteiger partial charge on any atom is -0.358 e. The van der Waals surface area contributed by atoms with Crippen LogP contribution in [0.5, 0.6) is 0 Å². The van der Waals surface area contributed by atoms with Crippen LogP contribution in [0.4, 0.5) is 0 Å². The Kier molecular flexibility index (Phi) is 3.79. The van der Waals surface area contributed by atoms with Crippen molar-refractivity contribution in [1.29, 1.82) is 0 Å². The first-order valence-electron chi connectivity index (χ1n) is 4.60. The Morgan fingerprint density at radius 3 is 2.67 bits per heavy atom. The van der Waals surface area contributed by atoms with Gasteiger partial charge in [-0.1, -0.05) is 26.2 Å². The first-order valence-corrected chi connectivity index (χ1v) is 5.01. The molecule has 1 heterocycles. The topological polar surface area (TPSA) is 24.1 Å². The van der Waals surface area contributed by atoms with Crippen LogP contribution in [-0.4, -0.2) is 17.2 Å². The standard InChI is InChI=1S/C9H17N2S/c1-3-4-5-6-8-7(2)10-9(12)11-8/h7-8H,1,3-6H2,2H3,(H2,10,11,12). The molecule has 3 heteroatoms. The van der Waals surface area contributed by atoms with Crippen LogP contribution in [0.1, 0.15) is 32.6 Å². The average molecular weight is 185 g/mol. The Bertz CT molecular complexity index is 159. The van der Waals surface area contributed by atoms with Crippen molar-refractivity contribution < 1.29 is 0 Å². The first-order chi connectivity index (χ1) is 5.74. The molecule has 0 bridgehead atoms. The molecule has 2 unspecified atom stereocenters. The zero-order chi connectivity index (χ0) is 8.97. The van der Waals surface area contributed by atoms with Crippen molar-refractivity contribution in [3.8, 4) is 0 Å². The van der Waals surface area contributed by atoms with Crippen LogP contribution in [-0.2, 0) is 0 Å². The van der Waals surface area contributed by atoms with E-state index in [0.717, 1.165) is 11.5 Å². The molecule has 1 aliphatic heterocycles. The van der Waals surface area contributed by atoms with Crippen molar-refractivity contribution in [2.75, 3.05) is 0 Å². The second-order valence-corrected chi connectivity index (χ2v) is 3.77. The van der Waals surface area contributed by atoms with Crippen LogP contribution in [0.25, 0.3) is 0 Å². The Hall–Kier alpha value is -0.310. The summed E-state index contributed by atoms with van der Waals surface area (Å²) in [5.74, 6) is 0. The maximum atomic E-state index is 5.02. The van der Waals surface area contributed by atoms with Gasteiger partial charge in [0.05, 0.1) is 0 Å². The molecule has 0 aromatic heterocycles. The van der Waals surface area contributed by atoms with Crippen molar-refractivity contribution in [2.45, 2.75) is 44.7 Å². The van der Waals surface area contributed by atoms with E-state index in [2.05, 4.69) is 24.5 Å². The molecule has 1 rings (SSSR count). The lowest BCUT2D eigenvalue weighted by molar-refractivity contribution is 0.484. The lowest BCUT2D eigenvalue weighted by atomic mass is 10.0. The van der Waals surface area contributed by atoms with Gasteiger partial charge in [0.1, 0.15) is 0 Å². The van der Waals surface area contributed by atoms with Gasteiger partial charge in [-0.05, 0) is 25.6 Å². The third kappa shape index (κ3) is 2.63. The molecule has 0 saturated carbocycles. The predicted molar refractivity (Wildman–Crippen MR) is 55.9 cm³/mol. The Balaban J connectivity index is 2.19. The van der Waals surface area contributed by atoms with Crippen molar-refractivity contribution in [3.63, 3.8) is 0 Å². The van der Waals surface area contributed by atoms with Crippen molar-refractivity contribution in [3.05, 3.63) is 6.92 Å². The van der Waals surface area contributed by atoms with Crippen LogP contribution in [0.15, 0.2) is 0 Å². The molecule has 2 N–H and O–H groups in total. The quantitative estimate of drug-likeness (QED) is 0.514. The summed E-state index contributed by atoms with van der Waals surface area (Å²) in [5, 5.41) is 7.27. The number of nitrogens with one attached hydrogen (secondary N) is 2. The SMILES string of the molecule is [CH2]CCCCC1NC(=S)NC1C. The molecule has 0 amide bonds. The Morgan fingerprint density at radius 1 is 1.42 bits per heavy atom. The van der Waals surface area contributed by atoms with Gasteiger partial charge in [0, 0.05) is 12.1 Å². The van der Waals surface area contributed by atoms with Crippen LogP contribution in [0.2, 0.25) is 0 Å². The lowest BCUT2D eigenvalue weighted by Gasteiger charge is -2.13. The number of hydrogen-bond acceptors (Lipinski definition) is 1. The molecule has 2 atom stereocenters. The van der Waals surface area contributed by atoms with Gasteiger partial charge in [-0.3, -0.25) is 0 Å². The molecule has 0 aliphatic carbocycles. The van der Waals surface area contributed by atoms with E-state index in [1.165, 1.54) is 19.3 Å². The van der Waals surface area contributed by atoms with Gasteiger partial charge < -0.3 is 10.6 Å². The van der Waals surface area contributed by atoms with Gasteiger partial charge >= 0.3 is 0 Å². The molecule has 0 aromatic carbocycles. The van der Waals surface area contributed by atoms with Gasteiger partial charge in [0.2, 0.25) is 0 Å². The molecule has 0 spiro atoms. The third-order valence-electron chi connectivity index (χ3n) is 2.29. The maximum Gasteiger partial charge on any atom is 0.166 e. The second kappa shape index (κ2) is 4.65. The summed E-state index contributed by atoms with van der Waals surface area (Å²) in [6.07, 6.45) is 4.70. The molecule has 1 aliphatic rings. The van der Waals surface area contributed by atoms with Crippen molar-refractivity contribution in [1.82, 2.24) is 10.6 Å². The Morgan fingerprint density at radius 2 is 2.17 bits per heavy atom. The fraction of sp³-hybridized carbons (Fsp3) is 0.778. The van der Waals surface area contributed by atoms with Crippen LogP contribution in [0.3, 0.4) is 0 Å². The van der Waals surface area contributed by atoms with Crippen LogP contribution < -0.4 is 10.6 Å². The zero-order valence-electron chi connectivity index (χ0n) is 7.60. The maximum absolute atomic E-state index is 5.02. The van der Waals surface area contributed by atoms with E-state index in [9.17, 15) is 0 Å². The van der Waals surface area contributed by atoms with Gasteiger partial charge in [0.15, 0.2) is 5.11 Å². The number of thiocarbonyl (C=S) groups is 1. The highest BCUT2D eigenvalue weighted by molar-refractivity contribution is 7.80. The first kappa shape index (κ1) is 9.78. The lowest BCUT2D eigenvalue weighted by Crippen LogP contribution is -2.30. The molecule has 1 saturated heterocycles. The zero-order valence-corrected chi connectivity index (χ0v) is 8.41. The van der Waals surface area contributed by atoms with E-state index in [4.69, 9.17) is 12.2 Å². The van der Waals surface area contributed by atoms with E-state index >= 15 is 0 Å². The van der Waals surface area contributed by atoms with E-state index in [0.29, 0.717) is 12.1 Å². The average Bonchev–Trinajstić information content (AvgIpc) is 2.31. The molecule has 69 valence electrons. The van der Waals surface area contributed by atoms with E-state index < -0.39 is 0 Å². The molecular weight excluding hydrogens is 168 g/mol. The molecule has 12 heavy (non-hydrogen) atoms. The number of hydrogen-bond donors (Lipinski definition) is 2. The number of rotatable bonds is 4.